The fourth-order valence-corrected chi connectivity index (χ4v) is 2.14. The number of nitrogens with zero attached hydrogens (tertiary/aromatic N) is 1. The van der Waals surface area contributed by atoms with Crippen LogP contribution in [0.2, 0.25) is 0 Å². The van der Waals surface area contributed by atoms with E-state index in [0.29, 0.717) is 13.2 Å². The highest BCUT2D eigenvalue weighted by Crippen LogP contribution is 2.20. The summed E-state index contributed by atoms with van der Waals surface area (Å²) in [6, 6.07) is 0. The van der Waals surface area contributed by atoms with E-state index in [1.165, 1.54) is 0 Å². The van der Waals surface area contributed by atoms with E-state index in [1.807, 2.05) is 6.92 Å². The number of ether oxygens (including phenoxy) is 1. The third-order valence-electron chi connectivity index (χ3n) is 3.35. The van der Waals surface area contributed by atoms with E-state index >= 15 is 0 Å². The number of hydrogen-bond acceptors (Lipinski definition) is 5. The zero-order valence-corrected chi connectivity index (χ0v) is 10.6. The highest BCUT2D eigenvalue weighted by atomic mass is 16.5. The van der Waals surface area contributed by atoms with Gasteiger partial charge in [-0.3, -0.25) is 0 Å². The number of likely N-dealkylation sites (tertiary alicyclic amines) is 1. The summed E-state index contributed by atoms with van der Waals surface area (Å²) < 4.78 is 5.49. The molecule has 0 aromatic heterocycles. The largest absolute Gasteiger partial charge is 0.396 e. The van der Waals surface area contributed by atoms with Crippen LogP contribution in [-0.2, 0) is 4.74 Å². The fourth-order valence-electron chi connectivity index (χ4n) is 2.14. The Balaban J connectivity index is 2.27. The van der Waals surface area contributed by atoms with Crippen molar-refractivity contribution in [1.82, 2.24) is 4.90 Å². The van der Waals surface area contributed by atoms with Gasteiger partial charge in [0, 0.05) is 25.0 Å². The molecule has 17 heavy (non-hydrogen) atoms. The van der Waals surface area contributed by atoms with E-state index in [0.717, 1.165) is 25.9 Å². The molecule has 0 unspecified atom stereocenters. The number of hydrogen-bond donors (Lipinski definition) is 3. The molecule has 0 amide bonds. The second kappa shape index (κ2) is 7.28. The van der Waals surface area contributed by atoms with Crippen molar-refractivity contribution in [2.75, 3.05) is 46.1 Å². The Hall–Kier alpha value is -0.200. The smallest absolute Gasteiger partial charge is 0.0701 e. The zero-order valence-electron chi connectivity index (χ0n) is 10.6. The summed E-state index contributed by atoms with van der Waals surface area (Å²) in [7, 11) is 0. The molecule has 102 valence electrons. The molecule has 1 heterocycles. The molecule has 5 heteroatoms. The normalized spacial score (nSPS) is 19.8. The van der Waals surface area contributed by atoms with Gasteiger partial charge in [-0.15, -0.1) is 0 Å². The van der Waals surface area contributed by atoms with Gasteiger partial charge >= 0.3 is 0 Å². The first kappa shape index (κ1) is 14.9. The van der Waals surface area contributed by atoms with Crippen molar-refractivity contribution in [3.63, 3.8) is 0 Å². The van der Waals surface area contributed by atoms with Crippen molar-refractivity contribution in [2.45, 2.75) is 25.9 Å². The molecule has 1 aliphatic heterocycles. The Morgan fingerprint density at radius 1 is 1.18 bits per heavy atom. The fraction of sp³-hybridized carbons (Fsp3) is 1.00. The Bertz CT molecular complexity index is 201. The predicted octanol–water partition coefficient (Wildman–Crippen LogP) is -0.549. The van der Waals surface area contributed by atoms with Gasteiger partial charge in [-0.1, -0.05) is 6.92 Å². The molecular formula is C12H25NO4. The minimum Gasteiger partial charge on any atom is -0.396 e. The summed E-state index contributed by atoms with van der Waals surface area (Å²) in [6.45, 7) is 4.95. The lowest BCUT2D eigenvalue weighted by Crippen LogP contribution is -2.45. The van der Waals surface area contributed by atoms with Crippen molar-refractivity contribution in [3.05, 3.63) is 0 Å². The van der Waals surface area contributed by atoms with Gasteiger partial charge in [-0.25, -0.2) is 0 Å². The molecule has 0 bridgehead atoms. The van der Waals surface area contributed by atoms with Gasteiger partial charge in [-0.2, -0.15) is 0 Å². The molecule has 0 aliphatic carbocycles. The minimum atomic E-state index is -0.418. The molecule has 1 saturated heterocycles. The van der Waals surface area contributed by atoms with E-state index < -0.39 is 5.41 Å². The van der Waals surface area contributed by atoms with E-state index in [2.05, 4.69) is 4.90 Å². The van der Waals surface area contributed by atoms with Crippen LogP contribution in [0, 0.1) is 5.41 Å². The van der Waals surface area contributed by atoms with E-state index in [9.17, 15) is 10.2 Å². The molecule has 1 fully saturated rings. The van der Waals surface area contributed by atoms with Crippen LogP contribution in [0.3, 0.4) is 0 Å². The van der Waals surface area contributed by atoms with Crippen LogP contribution in [0.1, 0.15) is 19.8 Å². The van der Waals surface area contributed by atoms with Crippen LogP contribution < -0.4 is 0 Å². The Kier molecular flexibility index (Phi) is 6.37. The van der Waals surface area contributed by atoms with Crippen molar-refractivity contribution >= 4 is 0 Å². The van der Waals surface area contributed by atoms with E-state index in [4.69, 9.17) is 9.84 Å². The first-order chi connectivity index (χ1) is 8.13. The van der Waals surface area contributed by atoms with Gasteiger partial charge in [-0.05, 0) is 12.8 Å². The van der Waals surface area contributed by atoms with Crippen molar-refractivity contribution < 1.29 is 20.1 Å². The van der Waals surface area contributed by atoms with E-state index in [1.54, 1.807) is 0 Å². The van der Waals surface area contributed by atoms with Gasteiger partial charge in [0.25, 0.3) is 0 Å². The molecule has 1 aliphatic rings. The highest BCUT2D eigenvalue weighted by Gasteiger charge is 2.28. The SMILES string of the molecule is CC(CO)(CO)CN1CCC(OCCO)CC1. The Labute approximate surface area is 103 Å². The predicted molar refractivity (Wildman–Crippen MR) is 64.8 cm³/mol. The van der Waals surface area contributed by atoms with Crippen molar-refractivity contribution in [1.29, 1.82) is 0 Å². The van der Waals surface area contributed by atoms with Crippen LogP contribution in [-0.4, -0.2) is 72.4 Å². The second-order valence-electron chi connectivity index (χ2n) is 5.20. The Morgan fingerprint density at radius 2 is 1.76 bits per heavy atom. The molecule has 3 N–H and O–H groups in total. The maximum absolute atomic E-state index is 9.24. The van der Waals surface area contributed by atoms with Crippen LogP contribution >= 0.6 is 0 Å². The number of rotatable bonds is 7. The summed E-state index contributed by atoms with van der Waals surface area (Å²) in [5.74, 6) is 0. The lowest BCUT2D eigenvalue weighted by atomic mass is 9.91. The summed E-state index contributed by atoms with van der Waals surface area (Å²) >= 11 is 0. The quantitative estimate of drug-likeness (QED) is 0.563. The minimum absolute atomic E-state index is 0.00441. The van der Waals surface area contributed by atoms with Gasteiger partial charge in [0.2, 0.25) is 0 Å². The van der Waals surface area contributed by atoms with Gasteiger partial charge in [0.05, 0.1) is 32.5 Å². The number of aliphatic hydroxyl groups excluding tert-OH is 3. The monoisotopic (exact) mass is 247 g/mol. The number of piperidine rings is 1. The molecular weight excluding hydrogens is 222 g/mol. The van der Waals surface area contributed by atoms with Crippen molar-refractivity contribution in [2.24, 2.45) is 5.41 Å². The topological polar surface area (TPSA) is 73.2 Å². The summed E-state index contributed by atoms with van der Waals surface area (Å²) in [5.41, 5.74) is -0.418. The summed E-state index contributed by atoms with van der Waals surface area (Å²) in [5, 5.41) is 27.2. The number of aliphatic hydroxyl groups is 3. The average molecular weight is 247 g/mol. The molecule has 0 atom stereocenters. The highest BCUT2D eigenvalue weighted by molar-refractivity contribution is 4.80. The second-order valence-corrected chi connectivity index (χ2v) is 5.20. The molecule has 0 aromatic carbocycles. The maximum atomic E-state index is 9.24. The van der Waals surface area contributed by atoms with E-state index in [-0.39, 0.29) is 25.9 Å². The molecule has 0 aromatic rings. The van der Waals surface area contributed by atoms with Crippen LogP contribution in [0.4, 0.5) is 0 Å². The van der Waals surface area contributed by atoms with Gasteiger partial charge < -0.3 is 25.0 Å². The molecule has 5 nitrogen and oxygen atoms in total. The molecule has 1 rings (SSSR count). The lowest BCUT2D eigenvalue weighted by molar-refractivity contribution is -0.0248. The summed E-state index contributed by atoms with van der Waals surface area (Å²) in [4.78, 5) is 2.26. The van der Waals surface area contributed by atoms with Crippen LogP contribution in [0.5, 0.6) is 0 Å². The third kappa shape index (κ3) is 4.89. The molecule has 0 radical (unpaired) electrons. The van der Waals surface area contributed by atoms with Crippen molar-refractivity contribution in [3.8, 4) is 0 Å². The molecule has 0 saturated carbocycles. The maximum Gasteiger partial charge on any atom is 0.0701 e. The summed E-state index contributed by atoms with van der Waals surface area (Å²) in [6.07, 6.45) is 2.15. The zero-order chi connectivity index (χ0) is 12.7. The first-order valence-electron chi connectivity index (χ1n) is 6.30. The molecule has 0 spiro atoms. The first-order valence-corrected chi connectivity index (χ1v) is 6.30. The van der Waals surface area contributed by atoms with Crippen LogP contribution in [0.25, 0.3) is 0 Å². The average Bonchev–Trinajstić information content (AvgIpc) is 2.38. The van der Waals surface area contributed by atoms with Gasteiger partial charge in [0.1, 0.15) is 0 Å². The standard InChI is InChI=1S/C12H25NO4/c1-12(9-15,10-16)8-13-4-2-11(3-5-13)17-7-6-14/h11,14-16H,2-10H2,1H3. The third-order valence-corrected chi connectivity index (χ3v) is 3.35. The Morgan fingerprint density at radius 3 is 2.24 bits per heavy atom. The lowest BCUT2D eigenvalue weighted by Gasteiger charge is -2.37. The van der Waals surface area contributed by atoms with Crippen LogP contribution in [0.15, 0.2) is 0 Å². The van der Waals surface area contributed by atoms with Gasteiger partial charge in [0.15, 0.2) is 0 Å².